The fourth-order valence-corrected chi connectivity index (χ4v) is 1.61. The van der Waals surface area contributed by atoms with E-state index in [0.29, 0.717) is 5.69 Å². The number of benzene rings is 1. The van der Waals surface area contributed by atoms with Gasteiger partial charge in [-0.3, -0.25) is 10.1 Å². The molecule has 0 aliphatic carbocycles. The number of hydrogen-bond donors (Lipinski definition) is 3. The first-order valence-corrected chi connectivity index (χ1v) is 6.16. The minimum Gasteiger partial charge on any atom is -0.480 e. The van der Waals surface area contributed by atoms with Gasteiger partial charge in [0.15, 0.2) is 0 Å². The van der Waals surface area contributed by atoms with Crippen LogP contribution in [0.4, 0.5) is 16.2 Å². The second kappa shape index (κ2) is 6.21. The van der Waals surface area contributed by atoms with E-state index in [-0.39, 0.29) is 5.69 Å². The predicted molar refractivity (Wildman–Crippen MR) is 76.1 cm³/mol. The summed E-state index contributed by atoms with van der Waals surface area (Å²) in [6.07, 6.45) is 0. The highest BCUT2D eigenvalue weighted by Crippen LogP contribution is 2.20. The SMILES string of the molecule is CC(C)(C)[C@H](NC(=O)Nc1ccc([N+](=O)[O-])cc1)C(=O)O. The molecule has 8 heteroatoms. The van der Waals surface area contributed by atoms with Crippen molar-refractivity contribution >= 4 is 23.4 Å². The zero-order valence-corrected chi connectivity index (χ0v) is 11.9. The minimum absolute atomic E-state index is 0.0981. The molecular formula is C13H17N3O5. The van der Waals surface area contributed by atoms with Gasteiger partial charge >= 0.3 is 12.0 Å². The second-order valence-electron chi connectivity index (χ2n) is 5.54. The van der Waals surface area contributed by atoms with Gasteiger partial charge < -0.3 is 15.7 Å². The van der Waals surface area contributed by atoms with Crippen LogP contribution in [-0.4, -0.2) is 28.1 Å². The predicted octanol–water partition coefficient (Wildman–Crippen LogP) is 2.22. The van der Waals surface area contributed by atoms with Gasteiger partial charge in [0.1, 0.15) is 6.04 Å². The Morgan fingerprint density at radius 3 is 2.14 bits per heavy atom. The molecule has 8 nitrogen and oxygen atoms in total. The lowest BCUT2D eigenvalue weighted by Crippen LogP contribution is -2.50. The van der Waals surface area contributed by atoms with E-state index >= 15 is 0 Å². The average Bonchev–Trinajstić information content (AvgIpc) is 2.35. The molecule has 1 atom stereocenters. The number of amides is 2. The Labute approximate surface area is 121 Å². The Hall–Kier alpha value is -2.64. The molecule has 0 saturated heterocycles. The summed E-state index contributed by atoms with van der Waals surface area (Å²) in [5.41, 5.74) is -0.422. The quantitative estimate of drug-likeness (QED) is 0.580. The third-order valence-corrected chi connectivity index (χ3v) is 2.72. The maximum absolute atomic E-state index is 11.8. The molecule has 0 aromatic heterocycles. The Bertz CT molecular complexity index is 548. The lowest BCUT2D eigenvalue weighted by molar-refractivity contribution is -0.384. The van der Waals surface area contributed by atoms with Crippen LogP contribution in [0.1, 0.15) is 20.8 Å². The van der Waals surface area contributed by atoms with Gasteiger partial charge in [0, 0.05) is 17.8 Å². The molecule has 0 spiro atoms. The van der Waals surface area contributed by atoms with Gasteiger partial charge in [-0.15, -0.1) is 0 Å². The number of carboxylic acids is 1. The van der Waals surface area contributed by atoms with E-state index < -0.39 is 28.4 Å². The summed E-state index contributed by atoms with van der Waals surface area (Å²) in [5.74, 6) is -1.14. The van der Waals surface area contributed by atoms with Crippen molar-refractivity contribution in [3.05, 3.63) is 34.4 Å². The number of nitrogens with one attached hydrogen (secondary N) is 2. The molecule has 0 fully saturated rings. The van der Waals surface area contributed by atoms with E-state index in [4.69, 9.17) is 5.11 Å². The van der Waals surface area contributed by atoms with Crippen LogP contribution in [-0.2, 0) is 4.79 Å². The van der Waals surface area contributed by atoms with Gasteiger partial charge in [0.25, 0.3) is 5.69 Å². The third-order valence-electron chi connectivity index (χ3n) is 2.72. The van der Waals surface area contributed by atoms with Crippen molar-refractivity contribution in [2.24, 2.45) is 5.41 Å². The van der Waals surface area contributed by atoms with Crippen LogP contribution in [0.15, 0.2) is 24.3 Å². The molecule has 1 rings (SSSR count). The number of hydrogen-bond acceptors (Lipinski definition) is 4. The van der Waals surface area contributed by atoms with Crippen molar-refractivity contribution in [1.82, 2.24) is 5.32 Å². The zero-order chi connectivity index (χ0) is 16.2. The first kappa shape index (κ1) is 16.4. The highest BCUT2D eigenvalue weighted by Gasteiger charge is 2.32. The van der Waals surface area contributed by atoms with Crippen LogP contribution in [0.25, 0.3) is 0 Å². The summed E-state index contributed by atoms with van der Waals surface area (Å²) >= 11 is 0. The van der Waals surface area contributed by atoms with E-state index in [1.807, 2.05) is 0 Å². The number of carbonyl (C=O) groups excluding carboxylic acids is 1. The van der Waals surface area contributed by atoms with Crippen molar-refractivity contribution < 1.29 is 19.6 Å². The smallest absolute Gasteiger partial charge is 0.326 e. The number of non-ortho nitro benzene ring substituents is 1. The molecule has 0 radical (unpaired) electrons. The van der Waals surface area contributed by atoms with Gasteiger partial charge in [-0.2, -0.15) is 0 Å². The van der Waals surface area contributed by atoms with Crippen molar-refractivity contribution in [2.45, 2.75) is 26.8 Å². The van der Waals surface area contributed by atoms with Crippen molar-refractivity contribution in [3.8, 4) is 0 Å². The number of rotatable bonds is 4. The van der Waals surface area contributed by atoms with Crippen LogP contribution < -0.4 is 10.6 Å². The molecule has 0 heterocycles. The summed E-state index contributed by atoms with van der Waals surface area (Å²) in [6.45, 7) is 5.08. The van der Waals surface area contributed by atoms with E-state index in [1.165, 1.54) is 24.3 Å². The Kier molecular flexibility index (Phi) is 4.85. The molecular weight excluding hydrogens is 278 g/mol. The molecule has 2 amide bonds. The maximum Gasteiger partial charge on any atom is 0.326 e. The van der Waals surface area contributed by atoms with E-state index in [1.54, 1.807) is 20.8 Å². The molecule has 3 N–H and O–H groups in total. The number of nitrogens with zero attached hydrogens (tertiary/aromatic N) is 1. The second-order valence-corrected chi connectivity index (χ2v) is 5.54. The first-order chi connectivity index (χ1) is 9.61. The highest BCUT2D eigenvalue weighted by atomic mass is 16.6. The molecule has 0 bridgehead atoms. The monoisotopic (exact) mass is 295 g/mol. The number of nitro benzene ring substituents is 1. The average molecular weight is 295 g/mol. The molecule has 0 aliphatic rings. The summed E-state index contributed by atoms with van der Waals surface area (Å²) in [5, 5.41) is 24.4. The van der Waals surface area contributed by atoms with Crippen LogP contribution in [0, 0.1) is 15.5 Å². The fourth-order valence-electron chi connectivity index (χ4n) is 1.61. The molecule has 0 aliphatic heterocycles. The van der Waals surface area contributed by atoms with E-state index in [2.05, 4.69) is 10.6 Å². The minimum atomic E-state index is -1.14. The number of aliphatic carboxylic acids is 1. The Balaban J connectivity index is 2.72. The number of carboxylic acid groups (broad SMARTS) is 1. The third kappa shape index (κ3) is 4.75. The number of anilines is 1. The summed E-state index contributed by atoms with van der Waals surface area (Å²) in [6, 6.07) is 3.47. The first-order valence-electron chi connectivity index (χ1n) is 6.16. The lowest BCUT2D eigenvalue weighted by Gasteiger charge is -2.27. The van der Waals surface area contributed by atoms with Gasteiger partial charge in [-0.1, -0.05) is 20.8 Å². The van der Waals surface area contributed by atoms with E-state index in [9.17, 15) is 19.7 Å². The van der Waals surface area contributed by atoms with Crippen LogP contribution in [0.5, 0.6) is 0 Å². The molecule has 114 valence electrons. The van der Waals surface area contributed by atoms with Gasteiger partial charge in [-0.05, 0) is 17.5 Å². The highest BCUT2D eigenvalue weighted by molar-refractivity contribution is 5.92. The van der Waals surface area contributed by atoms with Crippen LogP contribution >= 0.6 is 0 Å². The molecule has 21 heavy (non-hydrogen) atoms. The molecule has 1 aromatic carbocycles. The molecule has 0 unspecified atom stereocenters. The Morgan fingerprint density at radius 1 is 1.24 bits per heavy atom. The number of carbonyl (C=O) groups is 2. The van der Waals surface area contributed by atoms with Crippen molar-refractivity contribution in [2.75, 3.05) is 5.32 Å². The van der Waals surface area contributed by atoms with Crippen LogP contribution in [0.2, 0.25) is 0 Å². The topological polar surface area (TPSA) is 122 Å². The standard InChI is InChI=1S/C13H17N3O5/c1-13(2,3)10(11(17)18)15-12(19)14-8-4-6-9(7-5-8)16(20)21/h4-7,10H,1-3H3,(H,17,18)(H2,14,15,19)/t10-/m1/s1. The van der Waals surface area contributed by atoms with Crippen LogP contribution in [0.3, 0.4) is 0 Å². The largest absolute Gasteiger partial charge is 0.480 e. The summed E-state index contributed by atoms with van der Waals surface area (Å²) in [4.78, 5) is 32.9. The summed E-state index contributed by atoms with van der Waals surface area (Å²) in [7, 11) is 0. The lowest BCUT2D eigenvalue weighted by atomic mass is 9.87. The molecule has 1 aromatic rings. The Morgan fingerprint density at radius 2 is 1.76 bits per heavy atom. The maximum atomic E-state index is 11.8. The van der Waals surface area contributed by atoms with E-state index in [0.717, 1.165) is 0 Å². The van der Waals surface area contributed by atoms with Gasteiger partial charge in [0.2, 0.25) is 0 Å². The summed E-state index contributed by atoms with van der Waals surface area (Å²) < 4.78 is 0. The van der Waals surface area contributed by atoms with Crippen molar-refractivity contribution in [1.29, 1.82) is 0 Å². The van der Waals surface area contributed by atoms with Gasteiger partial charge in [-0.25, -0.2) is 9.59 Å². The molecule has 0 saturated carbocycles. The number of urea groups is 1. The fraction of sp³-hybridized carbons (Fsp3) is 0.385. The normalized spacial score (nSPS) is 12.3. The van der Waals surface area contributed by atoms with Gasteiger partial charge in [0.05, 0.1) is 4.92 Å². The zero-order valence-electron chi connectivity index (χ0n) is 11.9. The number of nitro groups is 1. The van der Waals surface area contributed by atoms with Crippen molar-refractivity contribution in [3.63, 3.8) is 0 Å².